The van der Waals surface area contributed by atoms with E-state index >= 15 is 0 Å². The van der Waals surface area contributed by atoms with E-state index in [1.54, 1.807) is 24.3 Å². The molecule has 0 atom stereocenters. The van der Waals surface area contributed by atoms with Crippen LogP contribution in [0.25, 0.3) is 0 Å². The van der Waals surface area contributed by atoms with Gasteiger partial charge in [-0.2, -0.15) is 13.2 Å². The van der Waals surface area contributed by atoms with Gasteiger partial charge in [0, 0.05) is 11.4 Å². The van der Waals surface area contributed by atoms with E-state index in [0.717, 1.165) is 28.9 Å². The second kappa shape index (κ2) is 10.1. The molecule has 0 unspecified atom stereocenters. The molecule has 3 amide bonds. The molecule has 0 spiro atoms. The van der Waals surface area contributed by atoms with Gasteiger partial charge in [0.2, 0.25) is 5.91 Å². The molecule has 10 heteroatoms. The summed E-state index contributed by atoms with van der Waals surface area (Å²) in [6.45, 7) is 3.88. The summed E-state index contributed by atoms with van der Waals surface area (Å²) >= 11 is 6.08. The van der Waals surface area contributed by atoms with Gasteiger partial charge in [0.05, 0.1) is 17.7 Å². The zero-order valence-corrected chi connectivity index (χ0v) is 20.5. The van der Waals surface area contributed by atoms with Gasteiger partial charge in [-0.05, 0) is 66.9 Å². The van der Waals surface area contributed by atoms with Crippen molar-refractivity contribution in [2.45, 2.75) is 26.4 Å². The lowest BCUT2D eigenvalue weighted by molar-refractivity contribution is -0.137. The first-order valence-electron chi connectivity index (χ1n) is 11.1. The highest BCUT2D eigenvalue weighted by molar-refractivity contribution is 6.53. The number of carbonyl (C=O) groups is 3. The molecule has 2 N–H and O–H groups in total. The third-order valence-corrected chi connectivity index (χ3v) is 6.28. The second-order valence-corrected chi connectivity index (χ2v) is 8.86. The van der Waals surface area contributed by atoms with Crippen molar-refractivity contribution in [2.75, 3.05) is 15.5 Å². The highest BCUT2D eigenvalue weighted by Gasteiger charge is 2.40. The molecule has 6 nitrogen and oxygen atoms in total. The monoisotopic (exact) mass is 527 g/mol. The Morgan fingerprint density at radius 2 is 1.62 bits per heavy atom. The number of amides is 3. The molecule has 1 aliphatic rings. The third-order valence-electron chi connectivity index (χ3n) is 5.93. The number of aryl methyl sites for hydroxylation is 1. The second-order valence-electron chi connectivity index (χ2n) is 8.48. The van der Waals surface area contributed by atoms with Crippen molar-refractivity contribution >= 4 is 46.4 Å². The number of imide groups is 1. The van der Waals surface area contributed by atoms with Crippen molar-refractivity contribution < 1.29 is 27.6 Å². The van der Waals surface area contributed by atoms with Crippen LogP contribution < -0.4 is 15.5 Å². The molecule has 3 aromatic rings. The van der Waals surface area contributed by atoms with Gasteiger partial charge in [-0.25, -0.2) is 4.90 Å². The third kappa shape index (κ3) is 5.51. The lowest BCUT2D eigenvalue weighted by atomic mass is 10.1. The number of nitrogens with zero attached hydrogens (tertiary/aromatic N) is 1. The van der Waals surface area contributed by atoms with Crippen LogP contribution in [0.3, 0.4) is 0 Å². The number of halogens is 4. The normalized spacial score (nSPS) is 13.8. The fourth-order valence-corrected chi connectivity index (χ4v) is 4.00. The van der Waals surface area contributed by atoms with Crippen LogP contribution in [0.15, 0.2) is 77.5 Å². The number of rotatable bonds is 6. The van der Waals surface area contributed by atoms with Gasteiger partial charge in [-0.3, -0.25) is 14.4 Å². The molecule has 0 radical (unpaired) electrons. The Balaban J connectivity index is 1.45. The average Bonchev–Trinajstić information content (AvgIpc) is 3.05. The SMILES string of the molecule is Cc1cccc(NC(=O)Cc2ccc(NC3=C(Cl)C(=O)N(c4cccc(C(F)(F)F)c4)C3=O)cc2)c1C. The van der Waals surface area contributed by atoms with Crippen LogP contribution in [0.5, 0.6) is 0 Å². The number of nitrogens with one attached hydrogen (secondary N) is 2. The molecule has 3 aromatic carbocycles. The smallest absolute Gasteiger partial charge is 0.350 e. The molecule has 190 valence electrons. The van der Waals surface area contributed by atoms with Crippen LogP contribution in [-0.2, 0) is 27.0 Å². The van der Waals surface area contributed by atoms with Gasteiger partial charge in [0.25, 0.3) is 11.8 Å². The minimum Gasteiger partial charge on any atom is -0.350 e. The Morgan fingerprint density at radius 3 is 2.30 bits per heavy atom. The maximum absolute atomic E-state index is 13.1. The largest absolute Gasteiger partial charge is 0.416 e. The standard InChI is InChI=1S/C27H21ClF3N3O3/c1-15-5-3-8-21(16(15)2)33-22(35)13-17-9-11-19(12-10-17)32-24-23(28)25(36)34(26(24)37)20-7-4-6-18(14-20)27(29,30)31/h3-12,14,32H,13H2,1-2H3,(H,33,35). The molecule has 37 heavy (non-hydrogen) atoms. The summed E-state index contributed by atoms with van der Waals surface area (Å²) < 4.78 is 39.2. The molecule has 1 aliphatic heterocycles. The molecular formula is C27H21ClF3N3O3. The molecule has 1 heterocycles. The summed E-state index contributed by atoms with van der Waals surface area (Å²) in [6.07, 6.45) is -4.53. The maximum Gasteiger partial charge on any atom is 0.416 e. The summed E-state index contributed by atoms with van der Waals surface area (Å²) in [4.78, 5) is 38.6. The first kappa shape index (κ1) is 26.0. The lowest BCUT2D eigenvalue weighted by Crippen LogP contribution is -2.32. The van der Waals surface area contributed by atoms with Crippen molar-refractivity contribution in [2.24, 2.45) is 0 Å². The Hall–Kier alpha value is -4.11. The summed E-state index contributed by atoms with van der Waals surface area (Å²) in [5.41, 5.74) is 2.38. The van der Waals surface area contributed by atoms with E-state index in [9.17, 15) is 27.6 Å². The number of anilines is 3. The van der Waals surface area contributed by atoms with E-state index in [1.165, 1.54) is 6.07 Å². The van der Waals surface area contributed by atoms with Gasteiger partial charge in [0.1, 0.15) is 10.7 Å². The van der Waals surface area contributed by atoms with E-state index < -0.39 is 28.6 Å². The van der Waals surface area contributed by atoms with Crippen LogP contribution >= 0.6 is 11.6 Å². The maximum atomic E-state index is 13.1. The molecule has 0 aromatic heterocycles. The zero-order valence-electron chi connectivity index (χ0n) is 19.7. The van der Waals surface area contributed by atoms with Gasteiger partial charge < -0.3 is 10.6 Å². The first-order valence-corrected chi connectivity index (χ1v) is 11.5. The van der Waals surface area contributed by atoms with Crippen LogP contribution in [0.4, 0.5) is 30.2 Å². The van der Waals surface area contributed by atoms with Crippen molar-refractivity contribution in [3.05, 3.63) is 99.7 Å². The Bertz CT molecular complexity index is 1430. The van der Waals surface area contributed by atoms with Gasteiger partial charge >= 0.3 is 6.18 Å². The summed E-state index contributed by atoms with van der Waals surface area (Å²) in [5.74, 6) is -2.02. The predicted molar refractivity (Wildman–Crippen MR) is 135 cm³/mol. The van der Waals surface area contributed by atoms with E-state index in [0.29, 0.717) is 22.2 Å². The van der Waals surface area contributed by atoms with Crippen molar-refractivity contribution in [3.63, 3.8) is 0 Å². The Labute approximate surface area is 215 Å². The van der Waals surface area contributed by atoms with E-state index in [2.05, 4.69) is 10.6 Å². The number of hydrogen-bond acceptors (Lipinski definition) is 4. The van der Waals surface area contributed by atoms with E-state index in [4.69, 9.17) is 11.6 Å². The van der Waals surface area contributed by atoms with E-state index in [1.807, 2.05) is 32.0 Å². The molecule has 0 saturated heterocycles. The highest BCUT2D eigenvalue weighted by Crippen LogP contribution is 2.35. The van der Waals surface area contributed by atoms with Crippen LogP contribution in [-0.4, -0.2) is 17.7 Å². The van der Waals surface area contributed by atoms with Crippen LogP contribution in [0.2, 0.25) is 0 Å². The fourth-order valence-electron chi connectivity index (χ4n) is 3.78. The Kier molecular flexibility index (Phi) is 7.09. The van der Waals surface area contributed by atoms with Gasteiger partial charge in [-0.1, -0.05) is 41.9 Å². The summed E-state index contributed by atoms with van der Waals surface area (Å²) in [7, 11) is 0. The Morgan fingerprint density at radius 1 is 0.946 bits per heavy atom. The first-order chi connectivity index (χ1) is 17.5. The van der Waals surface area contributed by atoms with Crippen LogP contribution in [0.1, 0.15) is 22.3 Å². The lowest BCUT2D eigenvalue weighted by Gasteiger charge is -2.17. The van der Waals surface area contributed by atoms with Crippen molar-refractivity contribution in [1.82, 2.24) is 0 Å². The molecule has 0 saturated carbocycles. The number of benzene rings is 3. The minimum absolute atomic E-state index is 0.109. The summed E-state index contributed by atoms with van der Waals surface area (Å²) in [6, 6.07) is 16.1. The number of alkyl halides is 3. The minimum atomic E-state index is -4.64. The van der Waals surface area contributed by atoms with Crippen molar-refractivity contribution in [1.29, 1.82) is 0 Å². The van der Waals surface area contributed by atoms with Crippen LogP contribution in [0, 0.1) is 13.8 Å². The molecule has 4 rings (SSSR count). The molecule has 0 aliphatic carbocycles. The molecule has 0 bridgehead atoms. The van der Waals surface area contributed by atoms with Crippen molar-refractivity contribution in [3.8, 4) is 0 Å². The van der Waals surface area contributed by atoms with Gasteiger partial charge in [0.15, 0.2) is 0 Å². The molecular weight excluding hydrogens is 507 g/mol. The summed E-state index contributed by atoms with van der Waals surface area (Å²) in [5, 5.41) is 5.20. The number of carbonyl (C=O) groups excluding carboxylic acids is 3. The highest BCUT2D eigenvalue weighted by atomic mass is 35.5. The predicted octanol–water partition coefficient (Wildman–Crippen LogP) is 5.94. The quantitative estimate of drug-likeness (QED) is 0.389. The fraction of sp³-hybridized carbons (Fsp3) is 0.148. The zero-order chi connectivity index (χ0) is 26.9. The number of hydrogen-bond donors (Lipinski definition) is 2. The topological polar surface area (TPSA) is 78.5 Å². The molecule has 0 fully saturated rings. The van der Waals surface area contributed by atoms with Gasteiger partial charge in [-0.15, -0.1) is 0 Å². The van der Waals surface area contributed by atoms with E-state index in [-0.39, 0.29) is 23.7 Å². The average molecular weight is 528 g/mol.